The average molecular weight is 313 g/mol. The Morgan fingerprint density at radius 1 is 1.30 bits per heavy atom. The van der Waals surface area contributed by atoms with E-state index in [0.29, 0.717) is 12.4 Å². The lowest BCUT2D eigenvalue weighted by Gasteiger charge is -2.18. The predicted octanol–water partition coefficient (Wildman–Crippen LogP) is 2.99. The van der Waals surface area contributed by atoms with E-state index in [0.717, 1.165) is 24.1 Å². The molecule has 23 heavy (non-hydrogen) atoms. The van der Waals surface area contributed by atoms with E-state index in [1.165, 1.54) is 0 Å². The van der Waals surface area contributed by atoms with Gasteiger partial charge < -0.3 is 10.6 Å². The van der Waals surface area contributed by atoms with Gasteiger partial charge in [-0.2, -0.15) is 5.10 Å². The molecule has 0 spiro atoms. The minimum Gasteiger partial charge on any atom is -0.380 e. The zero-order valence-electron chi connectivity index (χ0n) is 13.8. The summed E-state index contributed by atoms with van der Waals surface area (Å²) in [5, 5.41) is 10.5. The molecule has 0 aromatic carbocycles. The molecule has 3 rings (SSSR count). The average Bonchev–Trinajstić information content (AvgIpc) is 3.24. The Morgan fingerprint density at radius 3 is 2.65 bits per heavy atom. The van der Waals surface area contributed by atoms with Crippen LogP contribution in [0.3, 0.4) is 0 Å². The molecule has 2 aromatic heterocycles. The quantitative estimate of drug-likeness (QED) is 0.890. The fraction of sp³-hybridized carbons (Fsp3) is 0.471. The lowest BCUT2D eigenvalue weighted by molar-refractivity contribution is -0.117. The molecule has 1 fully saturated rings. The molecule has 0 unspecified atom stereocenters. The monoisotopic (exact) mass is 313 g/mol. The van der Waals surface area contributed by atoms with Gasteiger partial charge in [0, 0.05) is 24.2 Å². The highest BCUT2D eigenvalue weighted by atomic mass is 16.2. The summed E-state index contributed by atoms with van der Waals surface area (Å²) < 4.78 is 1.96. The van der Waals surface area contributed by atoms with Crippen molar-refractivity contribution in [3.8, 4) is 0 Å². The number of rotatable bonds is 5. The summed E-state index contributed by atoms with van der Waals surface area (Å²) in [6.07, 6.45) is 7.64. The molecule has 0 radical (unpaired) electrons. The van der Waals surface area contributed by atoms with E-state index in [1.807, 2.05) is 29.2 Å². The number of carbonyl (C=O) groups excluding carboxylic acids is 1. The summed E-state index contributed by atoms with van der Waals surface area (Å²) in [6.45, 7) is 7.05. The number of hydrogen-bond acceptors (Lipinski definition) is 4. The van der Waals surface area contributed by atoms with Crippen molar-refractivity contribution >= 4 is 17.4 Å². The van der Waals surface area contributed by atoms with Crippen molar-refractivity contribution in [2.24, 2.45) is 5.92 Å². The van der Waals surface area contributed by atoms with Gasteiger partial charge in [-0.1, -0.05) is 0 Å². The summed E-state index contributed by atoms with van der Waals surface area (Å²) in [5.74, 6) is 0.870. The molecule has 1 amide bonds. The molecular formula is C17H23N5O. The van der Waals surface area contributed by atoms with E-state index >= 15 is 0 Å². The van der Waals surface area contributed by atoms with Gasteiger partial charge in [0.1, 0.15) is 5.82 Å². The van der Waals surface area contributed by atoms with Crippen LogP contribution in [0.15, 0.2) is 30.7 Å². The third-order valence-electron chi connectivity index (χ3n) is 3.78. The minimum absolute atomic E-state index is 0.0127. The minimum atomic E-state index is -0.0127. The Balaban J connectivity index is 1.54. The first-order valence-corrected chi connectivity index (χ1v) is 7.96. The number of nitrogens with zero attached hydrogens (tertiary/aromatic N) is 3. The summed E-state index contributed by atoms with van der Waals surface area (Å²) in [4.78, 5) is 15.9. The second kappa shape index (κ2) is 6.02. The molecule has 122 valence electrons. The lowest BCUT2D eigenvalue weighted by atomic mass is 10.1. The maximum atomic E-state index is 11.7. The van der Waals surface area contributed by atoms with Crippen LogP contribution in [0.5, 0.6) is 0 Å². The predicted molar refractivity (Wildman–Crippen MR) is 90.1 cm³/mol. The Bertz CT molecular complexity index is 680. The highest BCUT2D eigenvalue weighted by Gasteiger charge is 2.29. The maximum absolute atomic E-state index is 11.7. The van der Waals surface area contributed by atoms with Crippen LogP contribution >= 0.6 is 0 Å². The molecule has 1 aliphatic rings. The third kappa shape index (κ3) is 4.09. The van der Waals surface area contributed by atoms with E-state index in [-0.39, 0.29) is 17.4 Å². The van der Waals surface area contributed by atoms with Crippen molar-refractivity contribution in [1.29, 1.82) is 0 Å². The number of anilines is 2. The molecule has 2 heterocycles. The zero-order valence-corrected chi connectivity index (χ0v) is 13.8. The smallest absolute Gasteiger partial charge is 0.228 e. The topological polar surface area (TPSA) is 71.8 Å². The normalized spacial score (nSPS) is 14.6. The van der Waals surface area contributed by atoms with Crippen molar-refractivity contribution in [2.45, 2.75) is 45.7 Å². The van der Waals surface area contributed by atoms with Crippen LogP contribution in [0.4, 0.5) is 11.5 Å². The second-order valence-corrected chi connectivity index (χ2v) is 7.01. The molecule has 0 atom stereocenters. The van der Waals surface area contributed by atoms with E-state index in [9.17, 15) is 4.79 Å². The summed E-state index contributed by atoms with van der Waals surface area (Å²) in [6, 6.07) is 3.74. The van der Waals surface area contributed by atoms with Crippen LogP contribution in [-0.2, 0) is 16.9 Å². The Labute approximate surface area is 136 Å². The summed E-state index contributed by atoms with van der Waals surface area (Å²) >= 11 is 0. The van der Waals surface area contributed by atoms with E-state index in [4.69, 9.17) is 0 Å². The largest absolute Gasteiger partial charge is 0.380 e. The number of carbonyl (C=O) groups is 1. The van der Waals surface area contributed by atoms with Crippen LogP contribution in [0.1, 0.15) is 39.2 Å². The van der Waals surface area contributed by atoms with Gasteiger partial charge in [-0.05, 0) is 45.7 Å². The highest BCUT2D eigenvalue weighted by molar-refractivity contribution is 5.93. The molecular weight excluding hydrogens is 290 g/mol. The summed E-state index contributed by atoms with van der Waals surface area (Å²) in [5.41, 5.74) is 2.02. The molecule has 6 heteroatoms. The Hall–Kier alpha value is -2.37. The summed E-state index contributed by atoms with van der Waals surface area (Å²) in [7, 11) is 0. The Morgan fingerprint density at radius 2 is 2.09 bits per heavy atom. The van der Waals surface area contributed by atoms with Gasteiger partial charge in [-0.25, -0.2) is 4.98 Å². The fourth-order valence-electron chi connectivity index (χ4n) is 2.17. The molecule has 2 aromatic rings. The van der Waals surface area contributed by atoms with Gasteiger partial charge in [0.15, 0.2) is 0 Å². The SMILES string of the molecule is CC(C)(C)n1cc(CNc2ccc(NC(=O)C3CC3)nc2)cn1. The van der Waals surface area contributed by atoms with Crippen LogP contribution in [-0.4, -0.2) is 20.7 Å². The maximum Gasteiger partial charge on any atom is 0.228 e. The van der Waals surface area contributed by atoms with E-state index in [2.05, 4.69) is 41.5 Å². The van der Waals surface area contributed by atoms with Crippen molar-refractivity contribution in [1.82, 2.24) is 14.8 Å². The van der Waals surface area contributed by atoms with Gasteiger partial charge in [0.05, 0.1) is 23.6 Å². The molecule has 6 nitrogen and oxygen atoms in total. The molecule has 0 bridgehead atoms. The number of hydrogen-bond donors (Lipinski definition) is 2. The van der Waals surface area contributed by atoms with Crippen molar-refractivity contribution in [3.63, 3.8) is 0 Å². The third-order valence-corrected chi connectivity index (χ3v) is 3.78. The first-order valence-electron chi connectivity index (χ1n) is 7.96. The van der Waals surface area contributed by atoms with Crippen LogP contribution < -0.4 is 10.6 Å². The van der Waals surface area contributed by atoms with Crippen molar-refractivity contribution < 1.29 is 4.79 Å². The van der Waals surface area contributed by atoms with Gasteiger partial charge >= 0.3 is 0 Å². The van der Waals surface area contributed by atoms with Crippen molar-refractivity contribution in [3.05, 3.63) is 36.3 Å². The number of amides is 1. The van der Waals surface area contributed by atoms with Gasteiger partial charge in [-0.3, -0.25) is 9.48 Å². The van der Waals surface area contributed by atoms with Crippen LogP contribution in [0.2, 0.25) is 0 Å². The highest BCUT2D eigenvalue weighted by Crippen LogP contribution is 2.30. The number of pyridine rings is 1. The number of aromatic nitrogens is 3. The van der Waals surface area contributed by atoms with Crippen LogP contribution in [0.25, 0.3) is 0 Å². The second-order valence-electron chi connectivity index (χ2n) is 7.01. The van der Waals surface area contributed by atoms with E-state index < -0.39 is 0 Å². The molecule has 1 saturated carbocycles. The first kappa shape index (κ1) is 15.5. The zero-order chi connectivity index (χ0) is 16.4. The Kier molecular flexibility index (Phi) is 4.07. The fourth-order valence-corrected chi connectivity index (χ4v) is 2.17. The lowest BCUT2D eigenvalue weighted by Crippen LogP contribution is -2.21. The standard InChI is InChI=1S/C17H23N5O/c1-17(2,3)22-11-12(9-20-22)8-18-14-6-7-15(19-10-14)21-16(23)13-4-5-13/h6-7,9-11,13,18H,4-5,8H2,1-3H3,(H,19,21,23). The molecule has 0 aliphatic heterocycles. The molecule has 2 N–H and O–H groups in total. The van der Waals surface area contributed by atoms with Gasteiger partial charge in [-0.15, -0.1) is 0 Å². The molecule has 0 saturated heterocycles. The van der Waals surface area contributed by atoms with E-state index in [1.54, 1.807) is 6.20 Å². The number of nitrogens with one attached hydrogen (secondary N) is 2. The van der Waals surface area contributed by atoms with Gasteiger partial charge in [0.2, 0.25) is 5.91 Å². The van der Waals surface area contributed by atoms with Crippen molar-refractivity contribution in [2.75, 3.05) is 10.6 Å². The first-order chi connectivity index (χ1) is 10.9. The molecule has 1 aliphatic carbocycles. The van der Waals surface area contributed by atoms with Gasteiger partial charge in [0.25, 0.3) is 0 Å². The van der Waals surface area contributed by atoms with Crippen LogP contribution in [0, 0.1) is 5.92 Å².